The van der Waals surface area contributed by atoms with Crippen LogP contribution in [-0.2, 0) is 9.53 Å². The summed E-state index contributed by atoms with van der Waals surface area (Å²) < 4.78 is 5.24. The lowest BCUT2D eigenvalue weighted by Gasteiger charge is -2.39. The van der Waals surface area contributed by atoms with Gasteiger partial charge in [-0.05, 0) is 36.3 Å². The highest BCUT2D eigenvalue weighted by Crippen LogP contribution is 2.56. The number of hydrogen-bond acceptors (Lipinski definition) is 3. The molecule has 3 heteroatoms. The first-order valence-electron chi connectivity index (χ1n) is 8.04. The molecule has 22 heavy (non-hydrogen) atoms. The summed E-state index contributed by atoms with van der Waals surface area (Å²) in [7, 11) is 0. The predicted molar refractivity (Wildman–Crippen MR) is 86.6 cm³/mol. The van der Waals surface area contributed by atoms with Gasteiger partial charge in [-0.3, -0.25) is 4.79 Å². The van der Waals surface area contributed by atoms with Crippen molar-refractivity contribution in [2.24, 2.45) is 16.7 Å². The number of ketones is 1. The van der Waals surface area contributed by atoms with E-state index in [1.54, 1.807) is 24.3 Å². The van der Waals surface area contributed by atoms with Crippen molar-refractivity contribution in [1.29, 1.82) is 0 Å². The van der Waals surface area contributed by atoms with Gasteiger partial charge in [0.15, 0.2) is 0 Å². The molecule has 2 rings (SSSR count). The molecule has 0 spiro atoms. The SMILES string of the molecule is C[C@@H]1CC[C@@](C)(C(=O)CCOC(=O)c2ccccc2)C1(C)C. The highest BCUT2D eigenvalue weighted by molar-refractivity contribution is 5.90. The van der Waals surface area contributed by atoms with Gasteiger partial charge in [-0.2, -0.15) is 0 Å². The molecule has 0 saturated heterocycles. The van der Waals surface area contributed by atoms with Gasteiger partial charge in [0.25, 0.3) is 0 Å². The number of esters is 1. The molecule has 0 amide bonds. The molecule has 0 aliphatic heterocycles. The van der Waals surface area contributed by atoms with Gasteiger partial charge in [0, 0.05) is 11.8 Å². The first-order valence-corrected chi connectivity index (χ1v) is 8.04. The maximum atomic E-state index is 12.7. The van der Waals surface area contributed by atoms with Gasteiger partial charge in [-0.1, -0.05) is 45.9 Å². The van der Waals surface area contributed by atoms with E-state index in [9.17, 15) is 9.59 Å². The Morgan fingerprint density at radius 3 is 2.36 bits per heavy atom. The molecule has 1 aliphatic carbocycles. The highest BCUT2D eigenvalue weighted by Gasteiger charge is 2.53. The summed E-state index contributed by atoms with van der Waals surface area (Å²) >= 11 is 0. The van der Waals surface area contributed by atoms with Gasteiger partial charge in [0.2, 0.25) is 0 Å². The Morgan fingerprint density at radius 1 is 1.18 bits per heavy atom. The summed E-state index contributed by atoms with van der Waals surface area (Å²) in [6.07, 6.45) is 2.30. The Labute approximate surface area is 133 Å². The van der Waals surface area contributed by atoms with Crippen molar-refractivity contribution in [3.05, 3.63) is 35.9 Å². The van der Waals surface area contributed by atoms with Crippen LogP contribution >= 0.6 is 0 Å². The number of carbonyl (C=O) groups excluding carboxylic acids is 2. The standard InChI is InChI=1S/C19H26O3/c1-14-10-12-19(4,18(14,2)3)16(20)11-13-22-17(21)15-8-6-5-7-9-15/h5-9,14H,10-13H2,1-4H3/t14-,19+/m1/s1. The monoisotopic (exact) mass is 302 g/mol. The van der Waals surface area contributed by atoms with Crippen molar-refractivity contribution in [2.45, 2.75) is 47.0 Å². The molecule has 0 unspecified atom stereocenters. The molecular weight excluding hydrogens is 276 g/mol. The third-order valence-electron chi connectivity index (χ3n) is 5.92. The van der Waals surface area contributed by atoms with Gasteiger partial charge in [0.1, 0.15) is 5.78 Å². The Balaban J connectivity index is 1.90. The van der Waals surface area contributed by atoms with Crippen LogP contribution in [0.2, 0.25) is 0 Å². The fourth-order valence-corrected chi connectivity index (χ4v) is 3.40. The average molecular weight is 302 g/mol. The highest BCUT2D eigenvalue weighted by atomic mass is 16.5. The van der Waals surface area contributed by atoms with Crippen molar-refractivity contribution in [3.8, 4) is 0 Å². The molecule has 1 aliphatic rings. The summed E-state index contributed by atoms with van der Waals surface area (Å²) in [5.74, 6) is 0.383. The molecule has 1 aromatic carbocycles. The molecule has 1 aromatic rings. The second-order valence-corrected chi connectivity index (χ2v) is 7.17. The van der Waals surface area contributed by atoms with Crippen LogP contribution in [-0.4, -0.2) is 18.4 Å². The minimum Gasteiger partial charge on any atom is -0.462 e. The number of ether oxygens (including phenoxy) is 1. The molecule has 1 fully saturated rings. The third-order valence-corrected chi connectivity index (χ3v) is 5.92. The van der Waals surface area contributed by atoms with Gasteiger partial charge < -0.3 is 4.74 Å². The molecule has 2 atom stereocenters. The van der Waals surface area contributed by atoms with Crippen molar-refractivity contribution in [3.63, 3.8) is 0 Å². The maximum Gasteiger partial charge on any atom is 0.338 e. The lowest BCUT2D eigenvalue weighted by Crippen LogP contribution is -2.40. The van der Waals surface area contributed by atoms with E-state index < -0.39 is 0 Å². The van der Waals surface area contributed by atoms with Gasteiger partial charge >= 0.3 is 5.97 Å². The zero-order valence-corrected chi connectivity index (χ0v) is 14.0. The minimum absolute atomic E-state index is 0.00643. The smallest absolute Gasteiger partial charge is 0.338 e. The Morgan fingerprint density at radius 2 is 1.82 bits per heavy atom. The Kier molecular flexibility index (Phi) is 4.74. The Hall–Kier alpha value is -1.64. The van der Waals surface area contributed by atoms with E-state index in [0.29, 0.717) is 17.9 Å². The lowest BCUT2D eigenvalue weighted by molar-refractivity contribution is -0.134. The number of benzene rings is 1. The van der Waals surface area contributed by atoms with E-state index in [4.69, 9.17) is 4.74 Å². The fraction of sp³-hybridized carbons (Fsp3) is 0.579. The molecule has 3 nitrogen and oxygen atoms in total. The topological polar surface area (TPSA) is 43.4 Å². The summed E-state index contributed by atoms with van der Waals surface area (Å²) in [4.78, 5) is 24.5. The number of carbonyl (C=O) groups is 2. The molecule has 0 N–H and O–H groups in total. The van der Waals surface area contributed by atoms with Crippen LogP contribution in [0, 0.1) is 16.7 Å². The van der Waals surface area contributed by atoms with Crippen molar-refractivity contribution in [1.82, 2.24) is 0 Å². The van der Waals surface area contributed by atoms with Crippen LogP contribution in [0.3, 0.4) is 0 Å². The van der Waals surface area contributed by atoms with Crippen LogP contribution in [0.15, 0.2) is 30.3 Å². The molecule has 120 valence electrons. The summed E-state index contributed by atoms with van der Waals surface area (Å²) in [6.45, 7) is 8.80. The van der Waals surface area contributed by atoms with E-state index >= 15 is 0 Å². The number of hydrogen-bond donors (Lipinski definition) is 0. The molecule has 0 heterocycles. The Bertz CT molecular complexity index is 547. The zero-order chi connectivity index (χ0) is 16.4. The normalized spacial score (nSPS) is 26.6. The second kappa shape index (κ2) is 6.23. The van der Waals surface area contributed by atoms with Crippen LogP contribution in [0.5, 0.6) is 0 Å². The van der Waals surface area contributed by atoms with Crippen LogP contribution < -0.4 is 0 Å². The third kappa shape index (κ3) is 2.94. The molecule has 1 saturated carbocycles. The van der Waals surface area contributed by atoms with Crippen LogP contribution in [0.4, 0.5) is 0 Å². The van der Waals surface area contributed by atoms with Crippen LogP contribution in [0.1, 0.15) is 57.3 Å². The molecule has 0 bridgehead atoms. The summed E-state index contributed by atoms with van der Waals surface area (Å²) in [5.41, 5.74) is 0.204. The van der Waals surface area contributed by atoms with E-state index in [1.807, 2.05) is 6.07 Å². The molecule has 0 radical (unpaired) electrons. The fourth-order valence-electron chi connectivity index (χ4n) is 3.40. The maximum absolute atomic E-state index is 12.7. The van der Waals surface area contributed by atoms with Gasteiger partial charge in [-0.15, -0.1) is 0 Å². The van der Waals surface area contributed by atoms with Crippen molar-refractivity contribution >= 4 is 11.8 Å². The quantitative estimate of drug-likeness (QED) is 0.763. The number of rotatable bonds is 5. The largest absolute Gasteiger partial charge is 0.462 e. The zero-order valence-electron chi connectivity index (χ0n) is 14.0. The van der Waals surface area contributed by atoms with Gasteiger partial charge in [0.05, 0.1) is 12.2 Å². The summed E-state index contributed by atoms with van der Waals surface area (Å²) in [5, 5.41) is 0. The second-order valence-electron chi connectivity index (χ2n) is 7.17. The first kappa shape index (κ1) is 16.7. The average Bonchev–Trinajstić information content (AvgIpc) is 2.72. The minimum atomic E-state index is -0.363. The predicted octanol–water partition coefficient (Wildman–Crippen LogP) is 4.27. The molecule has 0 aromatic heterocycles. The van der Waals surface area contributed by atoms with Crippen LogP contribution in [0.25, 0.3) is 0 Å². The van der Waals surface area contributed by atoms with Crippen molar-refractivity contribution in [2.75, 3.05) is 6.61 Å². The van der Waals surface area contributed by atoms with E-state index in [2.05, 4.69) is 27.7 Å². The van der Waals surface area contributed by atoms with Gasteiger partial charge in [-0.25, -0.2) is 4.79 Å². The lowest BCUT2D eigenvalue weighted by atomic mass is 9.63. The van der Waals surface area contributed by atoms with Crippen molar-refractivity contribution < 1.29 is 14.3 Å². The van der Waals surface area contributed by atoms with E-state index in [1.165, 1.54) is 0 Å². The summed E-state index contributed by atoms with van der Waals surface area (Å²) in [6, 6.07) is 8.88. The molecular formula is C19H26O3. The van der Waals surface area contributed by atoms with E-state index in [-0.39, 0.29) is 29.2 Å². The first-order chi connectivity index (χ1) is 10.3. The number of Topliss-reactive ketones (excluding diaryl/α,β-unsaturated/α-hetero) is 1. The van der Waals surface area contributed by atoms with E-state index in [0.717, 1.165) is 12.8 Å².